The number of carbonyl (C=O) groups is 2. The highest BCUT2D eigenvalue weighted by Crippen LogP contribution is 2.21. The minimum absolute atomic E-state index is 0.0737. The van der Waals surface area contributed by atoms with E-state index in [0.717, 1.165) is 12.3 Å². The smallest absolute Gasteiger partial charge is 0.337 e. The lowest BCUT2D eigenvalue weighted by Gasteiger charge is -2.08. The number of aromatic carboxylic acids is 1. The lowest BCUT2D eigenvalue weighted by molar-refractivity contribution is 0.0696. The molecule has 0 radical (unpaired) electrons. The van der Waals surface area contributed by atoms with E-state index >= 15 is 0 Å². The number of aromatic nitrogens is 1. The van der Waals surface area contributed by atoms with E-state index in [9.17, 15) is 14.0 Å². The Hall–Kier alpha value is -2.28. The molecule has 0 aliphatic rings. The maximum Gasteiger partial charge on any atom is 0.337 e. The molecule has 102 valence electrons. The molecule has 0 unspecified atom stereocenters. The molecule has 0 bridgehead atoms. The lowest BCUT2D eigenvalue weighted by Crippen LogP contribution is -2.15. The Morgan fingerprint density at radius 3 is 2.70 bits per heavy atom. The second kappa shape index (κ2) is 5.79. The van der Waals surface area contributed by atoms with Crippen molar-refractivity contribution in [3.05, 3.63) is 58.1 Å². The number of benzene rings is 1. The van der Waals surface area contributed by atoms with Crippen LogP contribution in [-0.4, -0.2) is 22.0 Å². The molecule has 0 saturated carbocycles. The largest absolute Gasteiger partial charge is 0.478 e. The van der Waals surface area contributed by atoms with Gasteiger partial charge in [0.25, 0.3) is 5.91 Å². The van der Waals surface area contributed by atoms with Gasteiger partial charge in [0.1, 0.15) is 5.82 Å². The summed E-state index contributed by atoms with van der Waals surface area (Å²) >= 11 is 3.09. The number of halogens is 2. The van der Waals surface area contributed by atoms with Crippen molar-refractivity contribution in [2.45, 2.75) is 0 Å². The minimum atomic E-state index is -1.17. The van der Waals surface area contributed by atoms with Crippen LogP contribution in [0.2, 0.25) is 0 Å². The van der Waals surface area contributed by atoms with Gasteiger partial charge in [-0.05, 0) is 34.1 Å². The number of nitrogens with zero attached hydrogens (tertiary/aromatic N) is 1. The van der Waals surface area contributed by atoms with Gasteiger partial charge in [-0.1, -0.05) is 6.07 Å². The summed E-state index contributed by atoms with van der Waals surface area (Å²) in [6, 6.07) is 5.39. The molecule has 5 nitrogen and oxygen atoms in total. The highest BCUT2D eigenvalue weighted by molar-refractivity contribution is 9.10. The van der Waals surface area contributed by atoms with E-state index < -0.39 is 17.7 Å². The predicted molar refractivity (Wildman–Crippen MR) is 73.2 cm³/mol. The number of nitrogens with one attached hydrogen (secondary N) is 1. The zero-order valence-electron chi connectivity index (χ0n) is 9.93. The third-order valence-electron chi connectivity index (χ3n) is 2.43. The van der Waals surface area contributed by atoms with Crippen LogP contribution in [0.1, 0.15) is 20.7 Å². The van der Waals surface area contributed by atoms with Crippen molar-refractivity contribution < 1.29 is 19.1 Å². The summed E-state index contributed by atoms with van der Waals surface area (Å²) in [7, 11) is 0. The molecular formula is C13H8BrFN2O3. The third kappa shape index (κ3) is 3.00. The quantitative estimate of drug-likeness (QED) is 0.901. The zero-order chi connectivity index (χ0) is 14.7. The fourth-order valence-electron chi connectivity index (χ4n) is 1.53. The predicted octanol–water partition coefficient (Wildman–Crippen LogP) is 2.93. The molecule has 0 atom stereocenters. The van der Waals surface area contributed by atoms with Crippen LogP contribution in [0.15, 0.2) is 41.1 Å². The Labute approximate surface area is 121 Å². The monoisotopic (exact) mass is 338 g/mol. The first-order chi connectivity index (χ1) is 9.49. The standard InChI is InChI=1S/C13H8BrFN2O3/c14-9-2-1-3-10(15)11(9)12(18)17-8-4-7(13(19)20)5-16-6-8/h1-6H,(H,17,18)(H,19,20). The van der Waals surface area contributed by atoms with Crippen LogP contribution in [0.5, 0.6) is 0 Å². The topological polar surface area (TPSA) is 79.3 Å². The average Bonchev–Trinajstić information content (AvgIpc) is 2.38. The van der Waals surface area contributed by atoms with E-state index in [2.05, 4.69) is 26.2 Å². The van der Waals surface area contributed by atoms with Crippen LogP contribution < -0.4 is 5.32 Å². The molecular weight excluding hydrogens is 331 g/mol. The SMILES string of the molecule is O=C(O)c1cncc(NC(=O)c2c(F)cccc2Br)c1. The van der Waals surface area contributed by atoms with Gasteiger partial charge in [0, 0.05) is 10.7 Å². The molecule has 0 spiro atoms. The minimum Gasteiger partial charge on any atom is -0.478 e. The first-order valence-electron chi connectivity index (χ1n) is 5.42. The lowest BCUT2D eigenvalue weighted by atomic mass is 10.2. The molecule has 1 aromatic heterocycles. The highest BCUT2D eigenvalue weighted by Gasteiger charge is 2.16. The van der Waals surface area contributed by atoms with Crippen molar-refractivity contribution in [3.8, 4) is 0 Å². The maximum atomic E-state index is 13.6. The van der Waals surface area contributed by atoms with Gasteiger partial charge in [0.05, 0.1) is 23.0 Å². The first-order valence-corrected chi connectivity index (χ1v) is 6.22. The Balaban J connectivity index is 2.28. The number of amides is 1. The Morgan fingerprint density at radius 2 is 2.05 bits per heavy atom. The number of pyridine rings is 1. The molecule has 2 rings (SSSR count). The molecule has 0 aliphatic carbocycles. The maximum absolute atomic E-state index is 13.6. The van der Waals surface area contributed by atoms with Crippen LogP contribution >= 0.6 is 15.9 Å². The Kier molecular flexibility index (Phi) is 4.09. The number of carboxylic acid groups (broad SMARTS) is 1. The van der Waals surface area contributed by atoms with Gasteiger partial charge < -0.3 is 10.4 Å². The van der Waals surface area contributed by atoms with Crippen molar-refractivity contribution in [2.75, 3.05) is 5.32 Å². The third-order valence-corrected chi connectivity index (χ3v) is 3.09. The zero-order valence-corrected chi connectivity index (χ0v) is 11.5. The van der Waals surface area contributed by atoms with Crippen molar-refractivity contribution in [1.29, 1.82) is 0 Å². The van der Waals surface area contributed by atoms with Crippen LogP contribution in [0.3, 0.4) is 0 Å². The van der Waals surface area contributed by atoms with Crippen molar-refractivity contribution >= 4 is 33.5 Å². The van der Waals surface area contributed by atoms with Gasteiger partial charge in [-0.3, -0.25) is 9.78 Å². The highest BCUT2D eigenvalue weighted by atomic mass is 79.9. The van der Waals surface area contributed by atoms with E-state index in [1.165, 1.54) is 24.4 Å². The molecule has 20 heavy (non-hydrogen) atoms. The summed E-state index contributed by atoms with van der Waals surface area (Å²) in [5.41, 5.74) is -0.0614. The van der Waals surface area contributed by atoms with Gasteiger partial charge in [-0.25, -0.2) is 9.18 Å². The number of hydrogen-bond acceptors (Lipinski definition) is 3. The van der Waals surface area contributed by atoms with E-state index in [0.29, 0.717) is 4.47 Å². The fraction of sp³-hybridized carbons (Fsp3) is 0. The second-order valence-electron chi connectivity index (χ2n) is 3.82. The average molecular weight is 339 g/mol. The van der Waals surface area contributed by atoms with Crippen LogP contribution in [0, 0.1) is 5.82 Å². The molecule has 0 fully saturated rings. The van der Waals surface area contributed by atoms with Gasteiger partial charge in [0.15, 0.2) is 0 Å². The summed E-state index contributed by atoms with van der Waals surface area (Å²) in [5, 5.41) is 11.2. The van der Waals surface area contributed by atoms with Crippen LogP contribution in [0.25, 0.3) is 0 Å². The van der Waals surface area contributed by atoms with Gasteiger partial charge in [0.2, 0.25) is 0 Å². The summed E-state index contributed by atoms with van der Waals surface area (Å²) < 4.78 is 13.9. The Bertz CT molecular complexity index is 671. The van der Waals surface area contributed by atoms with E-state index in [-0.39, 0.29) is 16.8 Å². The molecule has 1 aromatic carbocycles. The molecule has 2 N–H and O–H groups in total. The molecule has 7 heteroatoms. The van der Waals surface area contributed by atoms with Crippen molar-refractivity contribution in [3.63, 3.8) is 0 Å². The summed E-state index contributed by atoms with van der Waals surface area (Å²) in [6.45, 7) is 0. The summed E-state index contributed by atoms with van der Waals surface area (Å²) in [6.07, 6.45) is 2.43. The molecule has 0 saturated heterocycles. The fourth-order valence-corrected chi connectivity index (χ4v) is 2.06. The summed E-state index contributed by atoms with van der Waals surface area (Å²) in [5.74, 6) is -2.54. The number of hydrogen-bond donors (Lipinski definition) is 2. The number of carboxylic acids is 1. The van der Waals surface area contributed by atoms with E-state index in [4.69, 9.17) is 5.11 Å². The number of carbonyl (C=O) groups excluding carboxylic acids is 1. The van der Waals surface area contributed by atoms with Crippen molar-refractivity contribution in [2.24, 2.45) is 0 Å². The molecule has 1 heterocycles. The van der Waals surface area contributed by atoms with Gasteiger partial charge >= 0.3 is 5.97 Å². The first kappa shape index (κ1) is 14.1. The van der Waals surface area contributed by atoms with Crippen molar-refractivity contribution in [1.82, 2.24) is 4.98 Å². The Morgan fingerprint density at radius 1 is 1.30 bits per heavy atom. The molecule has 2 aromatic rings. The number of rotatable bonds is 3. The summed E-state index contributed by atoms with van der Waals surface area (Å²) in [4.78, 5) is 26.5. The molecule has 0 aliphatic heterocycles. The van der Waals surface area contributed by atoms with E-state index in [1.807, 2.05) is 0 Å². The number of anilines is 1. The van der Waals surface area contributed by atoms with Gasteiger partial charge in [-0.2, -0.15) is 0 Å². The normalized spacial score (nSPS) is 10.1. The van der Waals surface area contributed by atoms with Gasteiger partial charge in [-0.15, -0.1) is 0 Å². The van der Waals surface area contributed by atoms with E-state index in [1.54, 1.807) is 0 Å². The van der Waals surface area contributed by atoms with Crippen LogP contribution in [0.4, 0.5) is 10.1 Å². The second-order valence-corrected chi connectivity index (χ2v) is 4.67. The van der Waals surface area contributed by atoms with Crippen LogP contribution in [-0.2, 0) is 0 Å². The molecule has 1 amide bonds.